The summed E-state index contributed by atoms with van der Waals surface area (Å²) >= 11 is 12.1. The number of rotatable bonds is 8. The Balaban J connectivity index is 2.98. The Morgan fingerprint density at radius 2 is 1.77 bits per heavy atom. The number of amides is 2. The van der Waals surface area contributed by atoms with Crippen molar-refractivity contribution in [3.05, 3.63) is 33.8 Å². The van der Waals surface area contributed by atoms with Crippen LogP contribution in [-0.2, 0) is 19.4 Å². The number of sulfone groups is 1. The van der Waals surface area contributed by atoms with E-state index in [1.165, 1.54) is 18.2 Å². The van der Waals surface area contributed by atoms with Gasteiger partial charge >= 0.3 is 6.09 Å². The minimum atomic E-state index is -3.60. The van der Waals surface area contributed by atoms with Crippen LogP contribution in [0.25, 0.3) is 0 Å². The Hall–Kier alpha value is -1.51. The summed E-state index contributed by atoms with van der Waals surface area (Å²) in [5.74, 6) is -0.402. The summed E-state index contributed by atoms with van der Waals surface area (Å²) in [4.78, 5) is 24.9. The van der Waals surface area contributed by atoms with E-state index < -0.39 is 38.7 Å². The van der Waals surface area contributed by atoms with Crippen molar-refractivity contribution in [3.8, 4) is 0 Å². The van der Waals surface area contributed by atoms with Gasteiger partial charge in [0.05, 0.1) is 0 Å². The van der Waals surface area contributed by atoms with Gasteiger partial charge in [0.15, 0.2) is 9.84 Å². The van der Waals surface area contributed by atoms with Gasteiger partial charge in [0, 0.05) is 22.8 Å². The van der Waals surface area contributed by atoms with Crippen molar-refractivity contribution in [2.45, 2.75) is 57.9 Å². The molecule has 0 radical (unpaired) electrons. The molecule has 0 saturated carbocycles. The van der Waals surface area contributed by atoms with Crippen molar-refractivity contribution in [2.75, 3.05) is 12.8 Å². The van der Waals surface area contributed by atoms with Gasteiger partial charge in [-0.2, -0.15) is 0 Å². The van der Waals surface area contributed by atoms with Gasteiger partial charge < -0.3 is 15.4 Å². The highest BCUT2D eigenvalue weighted by Crippen LogP contribution is 2.30. The topological polar surface area (TPSA) is 102 Å². The predicted octanol–water partition coefficient (Wildman–Crippen LogP) is 4.13. The fourth-order valence-electron chi connectivity index (χ4n) is 2.72. The van der Waals surface area contributed by atoms with E-state index in [1.807, 2.05) is 13.8 Å². The van der Waals surface area contributed by atoms with Crippen LogP contribution in [0.1, 0.15) is 51.9 Å². The third kappa shape index (κ3) is 9.10. The van der Waals surface area contributed by atoms with E-state index in [0.29, 0.717) is 17.0 Å². The molecule has 1 aromatic rings. The zero-order valence-corrected chi connectivity index (χ0v) is 20.4. The molecule has 30 heavy (non-hydrogen) atoms. The largest absolute Gasteiger partial charge is 0.444 e. The number of benzene rings is 1. The van der Waals surface area contributed by atoms with E-state index in [2.05, 4.69) is 10.6 Å². The summed E-state index contributed by atoms with van der Waals surface area (Å²) in [6.07, 6.45) is 0.707. The smallest absolute Gasteiger partial charge is 0.408 e. The number of alkyl carbamates (subject to hydrolysis) is 1. The number of carbonyl (C=O) groups is 2. The monoisotopic (exact) mass is 480 g/mol. The van der Waals surface area contributed by atoms with Crippen molar-refractivity contribution < 1.29 is 22.7 Å². The standard InChI is InChI=1S/C20H30Cl2N2O5S/c1-12(2)9-16(24-19(26)29-20(3,4)5)18(25)23-11-17(30(6,27)28)14-8-7-13(21)10-15(14)22/h7-8,10,12,16-17H,9,11H2,1-6H3,(H,23,25)(H,24,26). The number of hydrogen-bond acceptors (Lipinski definition) is 5. The zero-order valence-electron chi connectivity index (χ0n) is 18.1. The van der Waals surface area contributed by atoms with E-state index in [4.69, 9.17) is 27.9 Å². The molecule has 0 spiro atoms. The Morgan fingerprint density at radius 3 is 2.23 bits per heavy atom. The van der Waals surface area contributed by atoms with Crippen LogP contribution < -0.4 is 10.6 Å². The molecule has 2 N–H and O–H groups in total. The molecular formula is C20H30Cl2N2O5S. The molecule has 0 aromatic heterocycles. The Morgan fingerprint density at radius 1 is 1.17 bits per heavy atom. The molecule has 0 aliphatic rings. The molecule has 170 valence electrons. The quantitative estimate of drug-likeness (QED) is 0.581. The van der Waals surface area contributed by atoms with Gasteiger partial charge in [0.1, 0.15) is 16.9 Å². The highest BCUT2D eigenvalue weighted by atomic mass is 35.5. The van der Waals surface area contributed by atoms with E-state index in [-0.39, 0.29) is 17.5 Å². The maximum absolute atomic E-state index is 12.8. The van der Waals surface area contributed by atoms with E-state index in [0.717, 1.165) is 6.26 Å². The third-order valence-corrected chi connectivity index (χ3v) is 6.02. The van der Waals surface area contributed by atoms with Crippen molar-refractivity contribution >= 4 is 45.0 Å². The Kier molecular flexibility index (Phi) is 9.45. The van der Waals surface area contributed by atoms with Gasteiger partial charge in [0.25, 0.3) is 0 Å². The summed E-state index contributed by atoms with van der Waals surface area (Å²) in [5.41, 5.74) is -0.375. The second-order valence-corrected chi connectivity index (χ2v) is 11.6. The van der Waals surface area contributed by atoms with Crippen molar-refractivity contribution in [2.24, 2.45) is 5.92 Å². The molecule has 2 atom stereocenters. The van der Waals surface area contributed by atoms with Crippen molar-refractivity contribution in [1.29, 1.82) is 0 Å². The van der Waals surface area contributed by atoms with Crippen LogP contribution in [0.3, 0.4) is 0 Å². The molecule has 2 amide bonds. The minimum Gasteiger partial charge on any atom is -0.444 e. The highest BCUT2D eigenvalue weighted by molar-refractivity contribution is 7.91. The molecule has 1 aromatic carbocycles. The van der Waals surface area contributed by atoms with Crippen LogP contribution in [0.5, 0.6) is 0 Å². The van der Waals surface area contributed by atoms with E-state index in [9.17, 15) is 18.0 Å². The van der Waals surface area contributed by atoms with Crippen molar-refractivity contribution in [3.63, 3.8) is 0 Å². The molecule has 0 bridgehead atoms. The predicted molar refractivity (Wildman–Crippen MR) is 120 cm³/mol. The average Bonchev–Trinajstić information content (AvgIpc) is 2.52. The summed E-state index contributed by atoms with van der Waals surface area (Å²) < 4.78 is 29.9. The van der Waals surface area contributed by atoms with Gasteiger partial charge in [-0.25, -0.2) is 13.2 Å². The second-order valence-electron chi connectivity index (χ2n) is 8.56. The summed E-state index contributed by atoms with van der Waals surface area (Å²) in [6, 6.07) is 3.63. The van der Waals surface area contributed by atoms with Crippen LogP contribution in [0.2, 0.25) is 10.0 Å². The maximum Gasteiger partial charge on any atom is 0.408 e. The fourth-order valence-corrected chi connectivity index (χ4v) is 4.38. The van der Waals surface area contributed by atoms with Gasteiger partial charge in [-0.05, 0) is 50.8 Å². The molecular weight excluding hydrogens is 451 g/mol. The molecule has 7 nitrogen and oxygen atoms in total. The minimum absolute atomic E-state index is 0.104. The first kappa shape index (κ1) is 26.5. The second kappa shape index (κ2) is 10.7. The Labute approximate surface area is 188 Å². The number of halogens is 2. The third-order valence-electron chi connectivity index (χ3n) is 4.00. The van der Waals surface area contributed by atoms with Gasteiger partial charge in [0.2, 0.25) is 5.91 Å². The van der Waals surface area contributed by atoms with Gasteiger partial charge in [-0.1, -0.05) is 43.1 Å². The summed E-state index contributed by atoms with van der Waals surface area (Å²) in [5, 5.41) is 4.69. The van der Waals surface area contributed by atoms with Gasteiger partial charge in [-0.3, -0.25) is 4.79 Å². The number of carbonyl (C=O) groups excluding carboxylic acids is 2. The zero-order chi connectivity index (χ0) is 23.3. The molecule has 2 unspecified atom stereocenters. The van der Waals surface area contributed by atoms with Crippen LogP contribution in [0.15, 0.2) is 18.2 Å². The highest BCUT2D eigenvalue weighted by Gasteiger charge is 2.29. The van der Waals surface area contributed by atoms with Crippen LogP contribution in [0.4, 0.5) is 4.79 Å². The number of ether oxygens (including phenoxy) is 1. The molecule has 0 aliphatic carbocycles. The van der Waals surface area contributed by atoms with Crippen LogP contribution in [0, 0.1) is 5.92 Å². The van der Waals surface area contributed by atoms with Crippen molar-refractivity contribution in [1.82, 2.24) is 10.6 Å². The lowest BCUT2D eigenvalue weighted by Gasteiger charge is -2.25. The van der Waals surface area contributed by atoms with E-state index in [1.54, 1.807) is 20.8 Å². The fraction of sp³-hybridized carbons (Fsp3) is 0.600. The normalized spacial score (nSPS) is 14.2. The first-order valence-electron chi connectivity index (χ1n) is 9.51. The first-order chi connectivity index (χ1) is 13.6. The lowest BCUT2D eigenvalue weighted by Crippen LogP contribution is -2.49. The first-order valence-corrected chi connectivity index (χ1v) is 12.2. The molecule has 0 aliphatic heterocycles. The van der Waals surface area contributed by atoms with Crippen LogP contribution >= 0.6 is 23.2 Å². The number of hydrogen-bond donors (Lipinski definition) is 2. The summed E-state index contributed by atoms with van der Waals surface area (Å²) in [6.45, 7) is 8.77. The lowest BCUT2D eigenvalue weighted by molar-refractivity contribution is -0.123. The average molecular weight is 481 g/mol. The maximum atomic E-state index is 12.8. The molecule has 0 fully saturated rings. The molecule has 1 rings (SSSR count). The number of nitrogens with one attached hydrogen (secondary N) is 2. The molecule has 10 heteroatoms. The lowest BCUT2D eigenvalue weighted by atomic mass is 10.0. The SMILES string of the molecule is CC(C)CC(NC(=O)OC(C)(C)C)C(=O)NCC(c1ccc(Cl)cc1Cl)S(C)(=O)=O. The van der Waals surface area contributed by atoms with E-state index >= 15 is 0 Å². The molecule has 0 saturated heterocycles. The van der Waals surface area contributed by atoms with Gasteiger partial charge in [-0.15, -0.1) is 0 Å². The van der Waals surface area contributed by atoms with Crippen LogP contribution in [-0.4, -0.2) is 44.9 Å². The summed E-state index contributed by atoms with van der Waals surface area (Å²) in [7, 11) is -3.60. The molecule has 0 heterocycles. The Bertz CT molecular complexity index is 866.